The molecule has 0 amide bonds. The summed E-state index contributed by atoms with van der Waals surface area (Å²) in [5.41, 5.74) is 1.96. The van der Waals surface area contributed by atoms with E-state index >= 15 is 0 Å². The van der Waals surface area contributed by atoms with Gasteiger partial charge in [0.25, 0.3) is 0 Å². The number of pyridine rings is 1. The van der Waals surface area contributed by atoms with Crippen LogP contribution in [0.4, 0.5) is 0 Å². The third kappa shape index (κ3) is 2.33. The van der Waals surface area contributed by atoms with Crippen LogP contribution < -0.4 is 4.74 Å². The van der Waals surface area contributed by atoms with E-state index < -0.39 is 0 Å². The normalized spacial score (nSPS) is 10.8. The van der Waals surface area contributed by atoms with Crippen molar-refractivity contribution >= 4 is 21.6 Å². The zero-order valence-corrected chi connectivity index (χ0v) is 12.0. The topological polar surface area (TPSA) is 39.4 Å². The van der Waals surface area contributed by atoms with Crippen LogP contribution in [0, 0.1) is 0 Å². The summed E-state index contributed by atoms with van der Waals surface area (Å²) in [7, 11) is 1.63. The largest absolute Gasteiger partial charge is 0.481 e. The highest BCUT2D eigenvalue weighted by molar-refractivity contribution is 9.10. The highest BCUT2D eigenvalue weighted by atomic mass is 79.9. The molecule has 0 bridgehead atoms. The minimum Gasteiger partial charge on any atom is -0.481 e. The van der Waals surface area contributed by atoms with Gasteiger partial charge < -0.3 is 4.74 Å². The molecule has 0 aliphatic rings. The molecule has 1 aromatic carbocycles. The van der Waals surface area contributed by atoms with Crippen molar-refractivity contribution in [1.29, 1.82) is 0 Å². The molecule has 5 heteroatoms. The van der Waals surface area contributed by atoms with E-state index in [1.165, 1.54) is 0 Å². The van der Waals surface area contributed by atoms with Gasteiger partial charge in [0.05, 0.1) is 7.11 Å². The number of fused-ring (bicyclic) bond motifs is 1. The molecule has 0 atom stereocenters. The number of hydrogen-bond donors (Lipinski definition) is 0. The first-order valence-electron chi connectivity index (χ1n) is 5.90. The summed E-state index contributed by atoms with van der Waals surface area (Å²) < 4.78 is 8.05. The molecule has 0 saturated carbocycles. The van der Waals surface area contributed by atoms with E-state index in [9.17, 15) is 0 Å². The van der Waals surface area contributed by atoms with Crippen LogP contribution in [-0.2, 0) is 6.42 Å². The summed E-state index contributed by atoms with van der Waals surface area (Å²) in [4.78, 5) is 4.51. The summed E-state index contributed by atoms with van der Waals surface area (Å²) >= 11 is 3.54. The Morgan fingerprint density at radius 3 is 2.79 bits per heavy atom. The molecule has 0 aliphatic carbocycles. The van der Waals surface area contributed by atoms with Crippen molar-refractivity contribution in [2.45, 2.75) is 6.42 Å². The van der Waals surface area contributed by atoms with Gasteiger partial charge in [-0.25, -0.2) is 4.98 Å². The Kier molecular flexibility index (Phi) is 3.21. The van der Waals surface area contributed by atoms with E-state index in [0.29, 0.717) is 12.3 Å². The molecule has 2 aromatic heterocycles. The van der Waals surface area contributed by atoms with Crippen LogP contribution in [0.3, 0.4) is 0 Å². The van der Waals surface area contributed by atoms with Gasteiger partial charge in [0.1, 0.15) is 0 Å². The number of methoxy groups -OCH3 is 1. The smallest absolute Gasteiger partial charge is 0.216 e. The Balaban J connectivity index is 2.00. The summed E-state index contributed by atoms with van der Waals surface area (Å²) in [5.74, 6) is 1.46. The lowest BCUT2D eigenvalue weighted by Crippen LogP contribution is -1.96. The van der Waals surface area contributed by atoms with Gasteiger partial charge in [0.2, 0.25) is 5.88 Å². The highest BCUT2D eigenvalue weighted by Crippen LogP contribution is 2.19. The van der Waals surface area contributed by atoms with Crippen LogP contribution in [-0.4, -0.2) is 21.7 Å². The van der Waals surface area contributed by atoms with Crippen molar-refractivity contribution < 1.29 is 4.74 Å². The van der Waals surface area contributed by atoms with Gasteiger partial charge in [0, 0.05) is 17.0 Å². The maximum atomic E-state index is 5.27. The first kappa shape index (κ1) is 12.2. The first-order valence-corrected chi connectivity index (χ1v) is 6.69. The second kappa shape index (κ2) is 5.01. The molecule has 0 saturated heterocycles. The third-order valence-corrected chi connectivity index (χ3v) is 3.66. The second-order valence-electron chi connectivity index (χ2n) is 4.13. The van der Waals surface area contributed by atoms with Crippen molar-refractivity contribution in [3.63, 3.8) is 0 Å². The van der Waals surface area contributed by atoms with Gasteiger partial charge in [-0.05, 0) is 17.7 Å². The van der Waals surface area contributed by atoms with E-state index in [-0.39, 0.29) is 0 Å². The van der Waals surface area contributed by atoms with Crippen molar-refractivity contribution in [2.75, 3.05) is 7.11 Å². The van der Waals surface area contributed by atoms with E-state index in [2.05, 4.69) is 32.1 Å². The summed E-state index contributed by atoms with van der Waals surface area (Å²) in [6, 6.07) is 13.8. The van der Waals surface area contributed by atoms with Crippen molar-refractivity contribution in [1.82, 2.24) is 14.6 Å². The SMILES string of the molecule is COc1cccc2nc(Cc3ccccc3Br)nn12. The number of benzene rings is 1. The van der Waals surface area contributed by atoms with E-state index in [0.717, 1.165) is 21.5 Å². The standard InChI is InChI=1S/C14H12BrN3O/c1-19-14-8-4-7-13-16-12(17-18(13)14)9-10-5-2-3-6-11(10)15/h2-8H,9H2,1H3. The van der Waals surface area contributed by atoms with Gasteiger partial charge in [0.15, 0.2) is 11.5 Å². The van der Waals surface area contributed by atoms with Crippen LogP contribution in [0.15, 0.2) is 46.9 Å². The summed E-state index contributed by atoms with van der Waals surface area (Å²) in [6.07, 6.45) is 0.687. The molecule has 0 fully saturated rings. The molecular formula is C14H12BrN3O. The van der Waals surface area contributed by atoms with Crippen LogP contribution in [0.25, 0.3) is 5.65 Å². The molecule has 0 spiro atoms. The second-order valence-corrected chi connectivity index (χ2v) is 4.99. The molecular weight excluding hydrogens is 306 g/mol. The first-order chi connectivity index (χ1) is 9.28. The molecule has 0 aliphatic heterocycles. The van der Waals surface area contributed by atoms with Crippen LogP contribution >= 0.6 is 15.9 Å². The number of hydrogen-bond acceptors (Lipinski definition) is 3. The van der Waals surface area contributed by atoms with Crippen LogP contribution in [0.1, 0.15) is 11.4 Å². The quantitative estimate of drug-likeness (QED) is 0.745. The van der Waals surface area contributed by atoms with Gasteiger partial charge in [-0.2, -0.15) is 4.52 Å². The Bertz CT molecular complexity index is 724. The van der Waals surface area contributed by atoms with Gasteiger partial charge in [-0.15, -0.1) is 5.10 Å². The van der Waals surface area contributed by atoms with E-state index in [4.69, 9.17) is 4.74 Å². The molecule has 96 valence electrons. The fourth-order valence-corrected chi connectivity index (χ4v) is 2.39. The van der Waals surface area contributed by atoms with Crippen LogP contribution in [0.5, 0.6) is 5.88 Å². The predicted octanol–water partition coefficient (Wildman–Crippen LogP) is 3.09. The Labute approximate surface area is 119 Å². The number of halogens is 1. The maximum Gasteiger partial charge on any atom is 0.216 e. The van der Waals surface area contributed by atoms with E-state index in [1.807, 2.05) is 36.4 Å². The third-order valence-electron chi connectivity index (χ3n) is 2.88. The Morgan fingerprint density at radius 1 is 1.16 bits per heavy atom. The van der Waals surface area contributed by atoms with E-state index in [1.54, 1.807) is 11.6 Å². The Hall–Kier alpha value is -1.88. The minimum atomic E-state index is 0.684. The predicted molar refractivity (Wildman–Crippen MR) is 76.5 cm³/mol. The molecule has 4 nitrogen and oxygen atoms in total. The maximum absolute atomic E-state index is 5.27. The van der Waals surface area contributed by atoms with Crippen molar-refractivity contribution in [3.8, 4) is 5.88 Å². The zero-order valence-electron chi connectivity index (χ0n) is 10.4. The molecule has 0 N–H and O–H groups in total. The molecule has 3 aromatic rings. The monoisotopic (exact) mass is 317 g/mol. The average Bonchev–Trinajstić information content (AvgIpc) is 2.83. The van der Waals surface area contributed by atoms with Gasteiger partial charge in [-0.3, -0.25) is 0 Å². The Morgan fingerprint density at radius 2 is 2.00 bits per heavy atom. The number of rotatable bonds is 3. The van der Waals surface area contributed by atoms with Crippen molar-refractivity contribution in [2.24, 2.45) is 0 Å². The van der Waals surface area contributed by atoms with Gasteiger partial charge in [-0.1, -0.05) is 40.2 Å². The highest BCUT2D eigenvalue weighted by Gasteiger charge is 2.09. The molecule has 19 heavy (non-hydrogen) atoms. The number of ether oxygens (including phenoxy) is 1. The molecule has 3 rings (SSSR count). The fourth-order valence-electron chi connectivity index (χ4n) is 1.97. The average molecular weight is 318 g/mol. The van der Waals surface area contributed by atoms with Crippen molar-refractivity contribution in [3.05, 3.63) is 58.3 Å². The van der Waals surface area contributed by atoms with Gasteiger partial charge >= 0.3 is 0 Å². The summed E-state index contributed by atoms with van der Waals surface area (Å²) in [6.45, 7) is 0. The summed E-state index contributed by atoms with van der Waals surface area (Å²) in [5, 5.41) is 4.48. The molecule has 2 heterocycles. The lowest BCUT2D eigenvalue weighted by Gasteiger charge is -2.00. The van der Waals surface area contributed by atoms with Crippen LogP contribution in [0.2, 0.25) is 0 Å². The molecule has 0 unspecified atom stereocenters. The lowest BCUT2D eigenvalue weighted by atomic mass is 10.1. The number of aromatic nitrogens is 3. The fraction of sp³-hybridized carbons (Fsp3) is 0.143. The zero-order chi connectivity index (χ0) is 13.2. The molecule has 0 radical (unpaired) electrons. The number of nitrogens with zero attached hydrogens (tertiary/aromatic N) is 3. The minimum absolute atomic E-state index is 0.684. The lowest BCUT2D eigenvalue weighted by molar-refractivity contribution is 0.385.